The molecular weight excluding hydrogens is 418 g/mol. The number of aliphatic hydroxyl groups is 1. The number of carbonyl (C=O) groups is 1. The summed E-state index contributed by atoms with van der Waals surface area (Å²) >= 11 is 5.84. The smallest absolute Gasteiger partial charge is 0.271 e. The Balaban J connectivity index is 1.72. The first kappa shape index (κ1) is 22.6. The Morgan fingerprint density at radius 2 is 1.97 bits per heavy atom. The van der Waals surface area contributed by atoms with E-state index in [9.17, 15) is 15.0 Å². The van der Waals surface area contributed by atoms with Crippen molar-refractivity contribution >= 4 is 34.5 Å². The van der Waals surface area contributed by atoms with Gasteiger partial charge in [0.25, 0.3) is 5.91 Å². The number of fused-ring (bicyclic) bond motifs is 1. The predicted molar refractivity (Wildman–Crippen MR) is 122 cm³/mol. The van der Waals surface area contributed by atoms with Crippen molar-refractivity contribution in [2.45, 2.75) is 13.0 Å². The van der Waals surface area contributed by atoms with Crippen LogP contribution >= 0.6 is 11.6 Å². The number of aliphatic hydroxyl groups excluding tert-OH is 1. The summed E-state index contributed by atoms with van der Waals surface area (Å²) in [4.78, 5) is 12.2. The summed E-state index contributed by atoms with van der Waals surface area (Å²) in [7, 11) is 0. The monoisotopic (exact) mass is 441 g/mol. The van der Waals surface area contributed by atoms with Crippen LogP contribution in [0, 0.1) is 0 Å². The lowest BCUT2D eigenvalue weighted by atomic mass is 10.0. The molecule has 0 aromatic heterocycles. The Labute approximate surface area is 185 Å². The van der Waals surface area contributed by atoms with Crippen molar-refractivity contribution in [1.29, 1.82) is 0 Å². The van der Waals surface area contributed by atoms with E-state index in [2.05, 4.69) is 15.8 Å². The Kier molecular flexibility index (Phi) is 7.83. The van der Waals surface area contributed by atoms with E-state index < -0.39 is 12.0 Å². The number of hydrazone groups is 1. The molecule has 0 fully saturated rings. The molecule has 7 nitrogen and oxygen atoms in total. The normalized spacial score (nSPS) is 12.2. The number of phenols is 1. The number of nitrogens with one attached hydrogen (secondary N) is 2. The van der Waals surface area contributed by atoms with Crippen LogP contribution in [-0.4, -0.2) is 48.1 Å². The quantitative estimate of drug-likeness (QED) is 0.301. The second-order valence-corrected chi connectivity index (χ2v) is 7.24. The maximum Gasteiger partial charge on any atom is 0.271 e. The number of benzene rings is 3. The zero-order valence-corrected chi connectivity index (χ0v) is 17.8. The van der Waals surface area contributed by atoms with Gasteiger partial charge in [0.15, 0.2) is 0 Å². The first-order chi connectivity index (χ1) is 15.0. The summed E-state index contributed by atoms with van der Waals surface area (Å²) < 4.78 is 5.82. The van der Waals surface area contributed by atoms with Crippen molar-refractivity contribution in [3.63, 3.8) is 0 Å². The molecule has 4 N–H and O–H groups in total. The molecule has 0 aliphatic heterocycles. The number of hydrogen-bond acceptors (Lipinski definition) is 6. The highest BCUT2D eigenvalue weighted by molar-refractivity contribution is 6.32. The van der Waals surface area contributed by atoms with E-state index in [0.29, 0.717) is 12.3 Å². The molecule has 1 unspecified atom stereocenters. The number of hydrogen-bond donors (Lipinski definition) is 4. The molecule has 0 aliphatic carbocycles. The summed E-state index contributed by atoms with van der Waals surface area (Å²) in [5.41, 5.74) is 3.53. The average Bonchev–Trinajstić information content (AvgIpc) is 2.78. The first-order valence-electron chi connectivity index (χ1n) is 9.84. The van der Waals surface area contributed by atoms with E-state index in [1.165, 1.54) is 18.2 Å². The molecule has 3 rings (SSSR count). The molecule has 31 heavy (non-hydrogen) atoms. The molecule has 162 valence electrons. The van der Waals surface area contributed by atoms with Gasteiger partial charge in [0, 0.05) is 23.1 Å². The van der Waals surface area contributed by atoms with Gasteiger partial charge >= 0.3 is 0 Å². The van der Waals surface area contributed by atoms with Crippen LogP contribution in [0.1, 0.15) is 22.8 Å². The lowest BCUT2D eigenvalue weighted by molar-refractivity contribution is 0.0955. The van der Waals surface area contributed by atoms with Crippen LogP contribution in [-0.2, 0) is 0 Å². The lowest BCUT2D eigenvalue weighted by Gasteiger charge is -2.15. The SMILES string of the molecule is CCNCC(O)COc1ccc(/C=N/NC(=O)c2ccc(O)c(Cl)c2)c2ccccc12. The maximum absolute atomic E-state index is 12.2. The highest BCUT2D eigenvalue weighted by Gasteiger charge is 2.10. The summed E-state index contributed by atoms with van der Waals surface area (Å²) in [5, 5.41) is 28.4. The zero-order chi connectivity index (χ0) is 22.2. The fourth-order valence-corrected chi connectivity index (χ4v) is 3.14. The Hall–Kier alpha value is -3.13. The Bertz CT molecular complexity index is 1090. The molecule has 8 heteroatoms. The van der Waals surface area contributed by atoms with Crippen LogP contribution in [0.2, 0.25) is 5.02 Å². The number of likely N-dealkylation sites (N-methyl/N-ethyl adjacent to an activating group) is 1. The zero-order valence-electron chi connectivity index (χ0n) is 17.0. The van der Waals surface area contributed by atoms with Crippen LogP contribution in [0.25, 0.3) is 10.8 Å². The van der Waals surface area contributed by atoms with E-state index in [1.807, 2.05) is 43.3 Å². The highest BCUT2D eigenvalue weighted by atomic mass is 35.5. The van der Waals surface area contributed by atoms with E-state index in [0.717, 1.165) is 22.9 Å². The van der Waals surface area contributed by atoms with Crippen molar-refractivity contribution in [3.05, 3.63) is 70.7 Å². The average molecular weight is 442 g/mol. The minimum Gasteiger partial charge on any atom is -0.506 e. The van der Waals surface area contributed by atoms with Gasteiger partial charge in [-0.15, -0.1) is 0 Å². The Morgan fingerprint density at radius 1 is 1.19 bits per heavy atom. The van der Waals surface area contributed by atoms with Gasteiger partial charge in [-0.3, -0.25) is 4.79 Å². The number of rotatable bonds is 9. The molecule has 3 aromatic rings. The van der Waals surface area contributed by atoms with Crippen LogP contribution in [0.3, 0.4) is 0 Å². The minimum atomic E-state index is -0.608. The van der Waals surface area contributed by atoms with Crippen molar-refractivity contribution in [2.75, 3.05) is 19.7 Å². The summed E-state index contributed by atoms with van der Waals surface area (Å²) in [6, 6.07) is 15.5. The number of phenolic OH excluding ortho intramolecular Hbond substituents is 1. The predicted octanol–water partition coefficient (Wildman–Crippen LogP) is 3.31. The molecule has 0 heterocycles. The topological polar surface area (TPSA) is 103 Å². The lowest BCUT2D eigenvalue weighted by Crippen LogP contribution is -2.31. The van der Waals surface area contributed by atoms with Gasteiger partial charge in [0.05, 0.1) is 11.2 Å². The number of amides is 1. The largest absolute Gasteiger partial charge is 0.506 e. The summed E-state index contributed by atoms with van der Waals surface area (Å²) in [6.45, 7) is 3.40. The third kappa shape index (κ3) is 5.95. The fraction of sp³-hybridized carbons (Fsp3) is 0.217. The molecule has 0 saturated heterocycles. The third-order valence-corrected chi connectivity index (χ3v) is 4.86. The second kappa shape index (κ2) is 10.8. The number of ether oxygens (including phenoxy) is 1. The van der Waals surface area contributed by atoms with Crippen LogP contribution in [0.5, 0.6) is 11.5 Å². The van der Waals surface area contributed by atoms with Gasteiger partial charge in [0.1, 0.15) is 24.2 Å². The Morgan fingerprint density at radius 3 is 2.71 bits per heavy atom. The molecule has 0 bridgehead atoms. The van der Waals surface area contributed by atoms with Gasteiger partial charge in [-0.25, -0.2) is 5.43 Å². The van der Waals surface area contributed by atoms with E-state index in [1.54, 1.807) is 6.21 Å². The van der Waals surface area contributed by atoms with Gasteiger partial charge in [-0.1, -0.05) is 42.8 Å². The molecular formula is C23H24ClN3O4. The molecule has 0 radical (unpaired) electrons. The molecule has 0 saturated carbocycles. The molecule has 0 aliphatic rings. The standard InChI is InChI=1S/C23H24ClN3O4/c1-2-25-13-17(28)14-31-22-10-8-16(18-5-3-4-6-19(18)22)12-26-27-23(30)15-7-9-21(29)20(24)11-15/h3-12,17,25,28-29H,2,13-14H2,1H3,(H,27,30)/b26-12+. The van der Waals surface area contributed by atoms with E-state index in [4.69, 9.17) is 16.3 Å². The van der Waals surface area contributed by atoms with Crippen molar-refractivity contribution in [3.8, 4) is 11.5 Å². The van der Waals surface area contributed by atoms with Gasteiger partial charge < -0.3 is 20.3 Å². The highest BCUT2D eigenvalue weighted by Crippen LogP contribution is 2.28. The van der Waals surface area contributed by atoms with Crippen molar-refractivity contribution in [2.24, 2.45) is 5.10 Å². The van der Waals surface area contributed by atoms with Gasteiger partial charge in [0.2, 0.25) is 0 Å². The molecule has 1 amide bonds. The second-order valence-electron chi connectivity index (χ2n) is 6.84. The third-order valence-electron chi connectivity index (χ3n) is 4.56. The van der Waals surface area contributed by atoms with Gasteiger partial charge in [-0.05, 0) is 42.3 Å². The maximum atomic E-state index is 12.2. The number of carbonyl (C=O) groups excluding carboxylic acids is 1. The molecule has 1 atom stereocenters. The number of nitrogens with zero attached hydrogens (tertiary/aromatic N) is 1. The van der Waals surface area contributed by atoms with E-state index >= 15 is 0 Å². The van der Waals surface area contributed by atoms with Crippen molar-refractivity contribution < 1.29 is 19.7 Å². The number of halogens is 1. The molecule has 0 spiro atoms. The van der Waals surface area contributed by atoms with Crippen LogP contribution in [0.4, 0.5) is 0 Å². The summed E-state index contributed by atoms with van der Waals surface area (Å²) in [5.74, 6) is 0.118. The van der Waals surface area contributed by atoms with Crippen molar-refractivity contribution in [1.82, 2.24) is 10.7 Å². The molecule has 3 aromatic carbocycles. The summed E-state index contributed by atoms with van der Waals surface area (Å²) in [6.07, 6.45) is 0.940. The first-order valence-corrected chi connectivity index (χ1v) is 10.2. The fourth-order valence-electron chi connectivity index (χ4n) is 2.96. The van der Waals surface area contributed by atoms with Gasteiger partial charge in [-0.2, -0.15) is 5.10 Å². The minimum absolute atomic E-state index is 0.0915. The van der Waals surface area contributed by atoms with Crippen LogP contribution in [0.15, 0.2) is 59.7 Å². The van der Waals surface area contributed by atoms with Crippen LogP contribution < -0.4 is 15.5 Å². The number of aromatic hydroxyl groups is 1. The van der Waals surface area contributed by atoms with E-state index in [-0.39, 0.29) is 22.9 Å².